The highest BCUT2D eigenvalue weighted by Gasteiger charge is 2.35. The van der Waals surface area contributed by atoms with Crippen molar-refractivity contribution in [1.82, 2.24) is 10.2 Å². The van der Waals surface area contributed by atoms with Gasteiger partial charge in [-0.05, 0) is 43.2 Å². The van der Waals surface area contributed by atoms with E-state index in [1.54, 1.807) is 11.8 Å². The summed E-state index contributed by atoms with van der Waals surface area (Å²) in [6.07, 6.45) is -0.188. The fourth-order valence-electron chi connectivity index (χ4n) is 3.94. The minimum absolute atomic E-state index is 0.142. The van der Waals surface area contributed by atoms with Gasteiger partial charge in [0.05, 0.1) is 23.7 Å². The first-order valence-electron chi connectivity index (χ1n) is 10.0. The standard InChI is InChI=1S/C22H20ClN3O4S/c1-2-29-22(28)26-10-9-13-17(11-26)31-21-18(13)20(27)24-19(25-21)16-8-7-15(30-16)12-5-3-4-6-14(12)23/h3-8,19,25H,2,9-11H2,1H3,(H,24,27)/t19-/m1/s1. The summed E-state index contributed by atoms with van der Waals surface area (Å²) >= 11 is 7.78. The van der Waals surface area contributed by atoms with E-state index in [1.165, 1.54) is 11.3 Å². The summed E-state index contributed by atoms with van der Waals surface area (Å²) in [5, 5.41) is 7.75. The lowest BCUT2D eigenvalue weighted by Gasteiger charge is -2.27. The quantitative estimate of drug-likeness (QED) is 0.576. The number of anilines is 1. The van der Waals surface area contributed by atoms with Crippen LogP contribution in [-0.2, 0) is 17.7 Å². The van der Waals surface area contributed by atoms with Gasteiger partial charge >= 0.3 is 6.09 Å². The van der Waals surface area contributed by atoms with Gasteiger partial charge in [-0.3, -0.25) is 4.79 Å². The number of nitrogens with one attached hydrogen (secondary N) is 2. The van der Waals surface area contributed by atoms with Crippen LogP contribution in [0.15, 0.2) is 40.8 Å². The number of fused-ring (bicyclic) bond motifs is 3. The molecule has 2 aliphatic heterocycles. The Bertz CT molecular complexity index is 1170. The second kappa shape index (κ2) is 7.94. The fourth-order valence-corrected chi connectivity index (χ4v) is 5.46. The number of benzene rings is 1. The van der Waals surface area contributed by atoms with Crippen molar-refractivity contribution in [3.05, 3.63) is 63.2 Å². The van der Waals surface area contributed by atoms with Gasteiger partial charge in [0.15, 0.2) is 6.17 Å². The molecule has 31 heavy (non-hydrogen) atoms. The highest BCUT2D eigenvalue weighted by molar-refractivity contribution is 7.16. The van der Waals surface area contributed by atoms with Crippen LogP contribution in [0.25, 0.3) is 11.3 Å². The molecular formula is C22H20ClN3O4S. The topological polar surface area (TPSA) is 83.8 Å². The summed E-state index contributed by atoms with van der Waals surface area (Å²) in [6.45, 7) is 3.11. The van der Waals surface area contributed by atoms with Gasteiger partial charge in [-0.25, -0.2) is 4.79 Å². The van der Waals surface area contributed by atoms with E-state index in [2.05, 4.69) is 10.6 Å². The van der Waals surface area contributed by atoms with Crippen molar-refractivity contribution in [2.45, 2.75) is 26.1 Å². The summed E-state index contributed by atoms with van der Waals surface area (Å²) in [7, 11) is 0. The molecule has 3 aromatic rings. The third-order valence-electron chi connectivity index (χ3n) is 5.41. The molecule has 1 aromatic carbocycles. The van der Waals surface area contributed by atoms with Crippen LogP contribution >= 0.6 is 22.9 Å². The maximum atomic E-state index is 12.9. The number of thiophene rings is 1. The summed E-state index contributed by atoms with van der Waals surface area (Å²) in [4.78, 5) is 27.7. The molecule has 160 valence electrons. The fraction of sp³-hybridized carbons (Fsp3) is 0.273. The molecule has 2 aromatic heterocycles. The normalized spacial score (nSPS) is 17.4. The molecule has 0 aliphatic carbocycles. The van der Waals surface area contributed by atoms with Crippen LogP contribution in [0.3, 0.4) is 0 Å². The molecule has 0 radical (unpaired) electrons. The number of carbonyl (C=O) groups is 2. The van der Waals surface area contributed by atoms with Crippen LogP contribution in [0.4, 0.5) is 9.80 Å². The van der Waals surface area contributed by atoms with E-state index in [0.29, 0.717) is 48.2 Å². The maximum Gasteiger partial charge on any atom is 0.410 e. The average Bonchev–Trinajstić information content (AvgIpc) is 3.38. The van der Waals surface area contributed by atoms with Crippen molar-refractivity contribution >= 4 is 39.9 Å². The number of nitrogens with zero attached hydrogens (tertiary/aromatic N) is 1. The van der Waals surface area contributed by atoms with Gasteiger partial charge < -0.3 is 24.7 Å². The van der Waals surface area contributed by atoms with Gasteiger partial charge in [-0.2, -0.15) is 0 Å². The highest BCUT2D eigenvalue weighted by atomic mass is 35.5. The minimum Gasteiger partial charge on any atom is -0.457 e. The van der Waals surface area contributed by atoms with E-state index in [4.69, 9.17) is 20.8 Å². The number of amides is 2. The molecule has 2 N–H and O–H groups in total. The molecular weight excluding hydrogens is 438 g/mol. The third-order valence-corrected chi connectivity index (χ3v) is 6.89. The van der Waals surface area contributed by atoms with E-state index >= 15 is 0 Å². The number of hydrogen-bond acceptors (Lipinski definition) is 6. The predicted molar refractivity (Wildman–Crippen MR) is 118 cm³/mol. The van der Waals surface area contributed by atoms with Gasteiger partial charge in [0.2, 0.25) is 0 Å². The smallest absolute Gasteiger partial charge is 0.410 e. The van der Waals surface area contributed by atoms with E-state index in [-0.39, 0.29) is 12.0 Å². The molecule has 0 bridgehead atoms. The molecule has 0 saturated heterocycles. The van der Waals surface area contributed by atoms with Crippen LogP contribution in [0.2, 0.25) is 5.02 Å². The first-order chi connectivity index (χ1) is 15.0. The third kappa shape index (κ3) is 3.55. The Balaban J connectivity index is 1.39. The zero-order valence-electron chi connectivity index (χ0n) is 16.7. The van der Waals surface area contributed by atoms with E-state index in [1.807, 2.05) is 36.4 Å². The van der Waals surface area contributed by atoms with Crippen molar-refractivity contribution in [3.63, 3.8) is 0 Å². The van der Waals surface area contributed by atoms with Crippen molar-refractivity contribution in [3.8, 4) is 11.3 Å². The second-order valence-electron chi connectivity index (χ2n) is 7.31. The number of ether oxygens (including phenoxy) is 1. The first-order valence-corrected chi connectivity index (χ1v) is 11.2. The Labute approximate surface area is 187 Å². The average molecular weight is 458 g/mol. The van der Waals surface area contributed by atoms with Crippen LogP contribution in [0.1, 0.15) is 39.6 Å². The van der Waals surface area contributed by atoms with Crippen LogP contribution in [0.5, 0.6) is 0 Å². The van der Waals surface area contributed by atoms with Crippen molar-refractivity contribution in [2.75, 3.05) is 18.5 Å². The van der Waals surface area contributed by atoms with Crippen molar-refractivity contribution in [2.24, 2.45) is 0 Å². The Hall–Kier alpha value is -2.97. The molecule has 0 unspecified atom stereocenters. The Morgan fingerprint density at radius 3 is 2.94 bits per heavy atom. The molecule has 4 heterocycles. The zero-order valence-corrected chi connectivity index (χ0v) is 18.3. The Kier molecular flexibility index (Phi) is 5.11. The number of hydrogen-bond donors (Lipinski definition) is 2. The second-order valence-corrected chi connectivity index (χ2v) is 8.82. The number of carbonyl (C=O) groups excluding carboxylic acids is 2. The van der Waals surface area contributed by atoms with Gasteiger partial charge in [0.1, 0.15) is 16.5 Å². The van der Waals surface area contributed by atoms with Gasteiger partial charge in [-0.1, -0.05) is 23.7 Å². The highest BCUT2D eigenvalue weighted by Crippen LogP contribution is 2.41. The van der Waals surface area contributed by atoms with E-state index < -0.39 is 6.17 Å². The molecule has 0 spiro atoms. The predicted octanol–water partition coefficient (Wildman–Crippen LogP) is 5.03. The lowest BCUT2D eigenvalue weighted by molar-refractivity contribution is 0.0929. The molecule has 9 heteroatoms. The zero-order chi connectivity index (χ0) is 21.5. The molecule has 7 nitrogen and oxygen atoms in total. The van der Waals surface area contributed by atoms with Gasteiger partial charge in [0, 0.05) is 17.0 Å². The molecule has 5 rings (SSSR count). The largest absolute Gasteiger partial charge is 0.457 e. The Morgan fingerprint density at radius 1 is 1.29 bits per heavy atom. The summed E-state index contributed by atoms with van der Waals surface area (Å²) in [5.74, 6) is 1.09. The lowest BCUT2D eigenvalue weighted by atomic mass is 10.0. The summed E-state index contributed by atoms with van der Waals surface area (Å²) < 4.78 is 11.1. The number of rotatable bonds is 3. The van der Waals surface area contributed by atoms with Crippen LogP contribution < -0.4 is 10.6 Å². The molecule has 1 atom stereocenters. The first kappa shape index (κ1) is 20.0. The molecule has 2 amide bonds. The van der Waals surface area contributed by atoms with Crippen molar-refractivity contribution < 1.29 is 18.7 Å². The Morgan fingerprint density at radius 2 is 2.13 bits per heavy atom. The summed E-state index contributed by atoms with van der Waals surface area (Å²) in [6, 6.07) is 11.1. The monoisotopic (exact) mass is 457 g/mol. The van der Waals surface area contributed by atoms with Gasteiger partial charge in [0.25, 0.3) is 5.91 Å². The lowest BCUT2D eigenvalue weighted by Crippen LogP contribution is -2.39. The van der Waals surface area contributed by atoms with E-state index in [9.17, 15) is 9.59 Å². The van der Waals surface area contributed by atoms with Crippen LogP contribution in [-0.4, -0.2) is 30.1 Å². The van der Waals surface area contributed by atoms with E-state index in [0.717, 1.165) is 21.0 Å². The van der Waals surface area contributed by atoms with Crippen molar-refractivity contribution in [1.29, 1.82) is 0 Å². The molecule has 0 saturated carbocycles. The molecule has 0 fully saturated rings. The minimum atomic E-state index is -0.488. The van der Waals surface area contributed by atoms with Crippen LogP contribution in [0, 0.1) is 0 Å². The maximum absolute atomic E-state index is 12.9. The number of furan rings is 1. The molecule has 2 aliphatic rings. The SMILES string of the molecule is CCOC(=O)N1CCc2c(sc3c2C(=O)N[C@@H](c2ccc(-c4ccccc4Cl)o2)N3)C1. The van der Waals surface area contributed by atoms with Gasteiger partial charge in [-0.15, -0.1) is 11.3 Å². The number of halogens is 1. The summed E-state index contributed by atoms with van der Waals surface area (Å²) in [5.41, 5.74) is 2.46.